The molecule has 4 nitrogen and oxygen atoms in total. The molecule has 3 rings (SSSR count). The molecule has 1 fully saturated rings. The SMILES string of the molecule is NC1(c2noc(Cc3ccccc3Cl)n2)CCCCC1. The molecule has 1 heterocycles. The van der Waals surface area contributed by atoms with Gasteiger partial charge in [-0.15, -0.1) is 0 Å². The van der Waals surface area contributed by atoms with Gasteiger partial charge in [0.05, 0.1) is 12.0 Å². The molecule has 0 spiro atoms. The molecule has 0 bridgehead atoms. The molecule has 1 aliphatic rings. The summed E-state index contributed by atoms with van der Waals surface area (Å²) in [6.07, 6.45) is 5.90. The molecule has 20 heavy (non-hydrogen) atoms. The van der Waals surface area contributed by atoms with Crippen LogP contribution in [-0.4, -0.2) is 10.1 Å². The van der Waals surface area contributed by atoms with E-state index in [1.807, 2.05) is 24.3 Å². The van der Waals surface area contributed by atoms with Gasteiger partial charge in [-0.1, -0.05) is 54.2 Å². The van der Waals surface area contributed by atoms with Gasteiger partial charge in [-0.3, -0.25) is 0 Å². The van der Waals surface area contributed by atoms with E-state index in [2.05, 4.69) is 10.1 Å². The van der Waals surface area contributed by atoms with E-state index in [1.165, 1.54) is 6.42 Å². The largest absolute Gasteiger partial charge is 0.339 e. The van der Waals surface area contributed by atoms with Gasteiger partial charge in [0, 0.05) is 5.02 Å². The van der Waals surface area contributed by atoms with E-state index in [9.17, 15) is 0 Å². The Kier molecular flexibility index (Phi) is 3.76. The third kappa shape index (κ3) is 2.72. The maximum atomic E-state index is 6.41. The number of benzene rings is 1. The van der Waals surface area contributed by atoms with Gasteiger partial charge < -0.3 is 10.3 Å². The molecule has 1 aliphatic carbocycles. The molecule has 0 unspecified atom stereocenters. The Bertz CT molecular complexity index is 590. The van der Waals surface area contributed by atoms with Crippen molar-refractivity contribution in [2.45, 2.75) is 44.1 Å². The van der Waals surface area contributed by atoms with Crippen molar-refractivity contribution in [2.24, 2.45) is 5.73 Å². The van der Waals surface area contributed by atoms with Crippen LogP contribution in [0.1, 0.15) is 49.4 Å². The van der Waals surface area contributed by atoms with Crippen LogP contribution in [0.3, 0.4) is 0 Å². The Morgan fingerprint density at radius 1 is 1.20 bits per heavy atom. The Hall–Kier alpha value is -1.39. The lowest BCUT2D eigenvalue weighted by Crippen LogP contribution is -2.39. The van der Waals surface area contributed by atoms with Gasteiger partial charge in [0.25, 0.3) is 0 Å². The van der Waals surface area contributed by atoms with Crippen molar-refractivity contribution in [2.75, 3.05) is 0 Å². The minimum absolute atomic E-state index is 0.416. The standard InChI is InChI=1S/C15H18ClN3O/c16-12-7-3-2-6-11(12)10-13-18-14(19-20-13)15(17)8-4-1-5-9-15/h2-3,6-7H,1,4-5,8-10,17H2. The lowest BCUT2D eigenvalue weighted by atomic mass is 9.82. The van der Waals surface area contributed by atoms with E-state index >= 15 is 0 Å². The Morgan fingerprint density at radius 2 is 1.95 bits per heavy atom. The number of hydrogen-bond acceptors (Lipinski definition) is 4. The van der Waals surface area contributed by atoms with Gasteiger partial charge in [0.15, 0.2) is 5.82 Å². The summed E-state index contributed by atoms with van der Waals surface area (Å²) >= 11 is 6.14. The molecule has 1 saturated carbocycles. The lowest BCUT2D eigenvalue weighted by Gasteiger charge is -2.29. The smallest absolute Gasteiger partial charge is 0.231 e. The van der Waals surface area contributed by atoms with Crippen LogP contribution in [0.25, 0.3) is 0 Å². The summed E-state index contributed by atoms with van der Waals surface area (Å²) in [6.45, 7) is 0. The van der Waals surface area contributed by atoms with Crippen molar-refractivity contribution in [3.63, 3.8) is 0 Å². The zero-order valence-corrected chi connectivity index (χ0v) is 12.1. The molecule has 2 aromatic rings. The van der Waals surface area contributed by atoms with Gasteiger partial charge in [0.2, 0.25) is 5.89 Å². The molecule has 1 aromatic carbocycles. The van der Waals surface area contributed by atoms with Gasteiger partial charge in [-0.2, -0.15) is 4.98 Å². The second kappa shape index (κ2) is 5.54. The molecule has 0 radical (unpaired) electrons. The highest BCUT2D eigenvalue weighted by atomic mass is 35.5. The molecular formula is C15H18ClN3O. The minimum Gasteiger partial charge on any atom is -0.339 e. The zero-order valence-electron chi connectivity index (χ0n) is 11.3. The monoisotopic (exact) mass is 291 g/mol. The summed E-state index contributed by atoms with van der Waals surface area (Å²) < 4.78 is 5.34. The second-order valence-electron chi connectivity index (χ2n) is 5.50. The number of nitrogens with zero attached hydrogens (tertiary/aromatic N) is 2. The fraction of sp³-hybridized carbons (Fsp3) is 0.467. The van der Waals surface area contributed by atoms with Crippen molar-refractivity contribution < 1.29 is 4.52 Å². The number of halogens is 1. The maximum Gasteiger partial charge on any atom is 0.231 e. The van der Waals surface area contributed by atoms with Crippen LogP contribution in [0.5, 0.6) is 0 Å². The number of hydrogen-bond donors (Lipinski definition) is 1. The van der Waals surface area contributed by atoms with Crippen LogP contribution in [0.2, 0.25) is 5.02 Å². The zero-order chi connectivity index (χ0) is 14.0. The minimum atomic E-state index is -0.416. The van der Waals surface area contributed by atoms with E-state index in [0.717, 1.165) is 31.2 Å². The fourth-order valence-corrected chi connectivity index (χ4v) is 2.94. The van der Waals surface area contributed by atoms with Crippen molar-refractivity contribution in [1.29, 1.82) is 0 Å². The Balaban J connectivity index is 1.78. The molecule has 0 amide bonds. The van der Waals surface area contributed by atoms with Crippen molar-refractivity contribution in [3.05, 3.63) is 46.6 Å². The molecular weight excluding hydrogens is 274 g/mol. The maximum absolute atomic E-state index is 6.41. The summed E-state index contributed by atoms with van der Waals surface area (Å²) in [5.74, 6) is 1.21. The summed E-state index contributed by atoms with van der Waals surface area (Å²) in [6, 6.07) is 7.68. The first-order chi connectivity index (χ1) is 9.67. The van der Waals surface area contributed by atoms with Gasteiger partial charge in [-0.25, -0.2) is 0 Å². The number of nitrogens with two attached hydrogens (primary N) is 1. The third-order valence-electron chi connectivity index (χ3n) is 3.96. The normalized spacial score (nSPS) is 18.1. The van der Waals surface area contributed by atoms with Crippen LogP contribution in [0.4, 0.5) is 0 Å². The first-order valence-corrected chi connectivity index (χ1v) is 7.40. The number of aromatic nitrogens is 2. The van der Waals surface area contributed by atoms with E-state index in [-0.39, 0.29) is 0 Å². The van der Waals surface area contributed by atoms with E-state index in [0.29, 0.717) is 23.2 Å². The van der Waals surface area contributed by atoms with Crippen molar-refractivity contribution >= 4 is 11.6 Å². The predicted molar refractivity (Wildman–Crippen MR) is 77.5 cm³/mol. The van der Waals surface area contributed by atoms with E-state index in [4.69, 9.17) is 21.9 Å². The van der Waals surface area contributed by atoms with Crippen LogP contribution >= 0.6 is 11.6 Å². The predicted octanol–water partition coefficient (Wildman–Crippen LogP) is 3.43. The average molecular weight is 292 g/mol. The van der Waals surface area contributed by atoms with Gasteiger partial charge in [0.1, 0.15) is 0 Å². The first kappa shape index (κ1) is 13.6. The molecule has 0 atom stereocenters. The lowest BCUT2D eigenvalue weighted by molar-refractivity contribution is 0.273. The second-order valence-corrected chi connectivity index (χ2v) is 5.90. The molecule has 0 saturated heterocycles. The third-order valence-corrected chi connectivity index (χ3v) is 4.33. The van der Waals surface area contributed by atoms with Crippen LogP contribution in [0.15, 0.2) is 28.8 Å². The molecule has 2 N–H and O–H groups in total. The molecule has 5 heteroatoms. The van der Waals surface area contributed by atoms with Crippen molar-refractivity contribution in [1.82, 2.24) is 10.1 Å². The summed E-state index contributed by atoms with van der Waals surface area (Å²) in [5.41, 5.74) is 6.98. The quantitative estimate of drug-likeness (QED) is 0.941. The highest BCUT2D eigenvalue weighted by molar-refractivity contribution is 6.31. The van der Waals surface area contributed by atoms with E-state index < -0.39 is 5.54 Å². The molecule has 1 aromatic heterocycles. The van der Waals surface area contributed by atoms with Crippen LogP contribution in [-0.2, 0) is 12.0 Å². The first-order valence-electron chi connectivity index (χ1n) is 7.03. The van der Waals surface area contributed by atoms with Gasteiger partial charge >= 0.3 is 0 Å². The molecule has 0 aliphatic heterocycles. The van der Waals surface area contributed by atoms with Gasteiger partial charge in [-0.05, 0) is 24.5 Å². The topological polar surface area (TPSA) is 64.9 Å². The highest BCUT2D eigenvalue weighted by Crippen LogP contribution is 2.33. The van der Waals surface area contributed by atoms with E-state index in [1.54, 1.807) is 0 Å². The fourth-order valence-electron chi connectivity index (χ4n) is 2.74. The summed E-state index contributed by atoms with van der Waals surface area (Å²) in [7, 11) is 0. The average Bonchev–Trinajstić information content (AvgIpc) is 2.92. The highest BCUT2D eigenvalue weighted by Gasteiger charge is 2.34. The van der Waals surface area contributed by atoms with Crippen LogP contribution in [0, 0.1) is 0 Å². The summed E-state index contributed by atoms with van der Waals surface area (Å²) in [5, 5.41) is 4.80. The molecule has 106 valence electrons. The van der Waals surface area contributed by atoms with Crippen molar-refractivity contribution in [3.8, 4) is 0 Å². The Labute approximate surface area is 123 Å². The Morgan fingerprint density at radius 3 is 2.70 bits per heavy atom. The summed E-state index contributed by atoms with van der Waals surface area (Å²) in [4.78, 5) is 4.48. The number of rotatable bonds is 3. The van der Waals surface area contributed by atoms with Crippen LogP contribution < -0.4 is 5.73 Å².